The standard InChI is InChI=1S/C19H20F3N3OS/c20-19(21,22)15-5-3-14(4-6-15)18(26)25-9-7-24(8-10-25)11-17-23-16(12-27-17)13-1-2-13/h3-6,12-13H,1-2,7-11H2. The van der Waals surface area contributed by atoms with Crippen LogP contribution in [0.15, 0.2) is 29.6 Å². The molecule has 2 heterocycles. The zero-order valence-corrected chi connectivity index (χ0v) is 15.5. The molecular weight excluding hydrogens is 375 g/mol. The Morgan fingerprint density at radius 2 is 1.78 bits per heavy atom. The summed E-state index contributed by atoms with van der Waals surface area (Å²) in [5, 5.41) is 3.26. The van der Waals surface area contributed by atoms with Gasteiger partial charge in [0.15, 0.2) is 0 Å². The lowest BCUT2D eigenvalue weighted by Crippen LogP contribution is -2.48. The predicted octanol–water partition coefficient (Wildman–Crippen LogP) is 4.00. The van der Waals surface area contributed by atoms with Crippen LogP contribution in [0.5, 0.6) is 0 Å². The van der Waals surface area contributed by atoms with E-state index in [2.05, 4.69) is 10.3 Å². The minimum Gasteiger partial charge on any atom is -0.336 e. The zero-order chi connectivity index (χ0) is 19.0. The summed E-state index contributed by atoms with van der Waals surface area (Å²) in [6, 6.07) is 4.44. The Balaban J connectivity index is 1.30. The van der Waals surface area contributed by atoms with Gasteiger partial charge in [-0.25, -0.2) is 4.98 Å². The van der Waals surface area contributed by atoms with Gasteiger partial charge in [0, 0.05) is 43.0 Å². The molecule has 0 N–H and O–H groups in total. The molecule has 1 saturated heterocycles. The second-order valence-corrected chi connectivity index (χ2v) is 8.03. The summed E-state index contributed by atoms with van der Waals surface area (Å²) < 4.78 is 37.9. The van der Waals surface area contributed by atoms with Gasteiger partial charge in [-0.2, -0.15) is 13.2 Å². The largest absolute Gasteiger partial charge is 0.416 e. The second kappa shape index (κ2) is 7.24. The molecule has 4 nitrogen and oxygen atoms in total. The molecule has 2 aliphatic rings. The summed E-state index contributed by atoms with van der Waals surface area (Å²) in [6.45, 7) is 3.41. The number of piperazine rings is 1. The van der Waals surface area contributed by atoms with Crippen molar-refractivity contribution in [2.24, 2.45) is 0 Å². The van der Waals surface area contributed by atoms with Gasteiger partial charge >= 0.3 is 6.18 Å². The maximum Gasteiger partial charge on any atom is 0.416 e. The average Bonchev–Trinajstić information content (AvgIpc) is 3.41. The highest BCUT2D eigenvalue weighted by molar-refractivity contribution is 7.09. The van der Waals surface area contributed by atoms with Crippen LogP contribution in [0.3, 0.4) is 0 Å². The highest BCUT2D eigenvalue weighted by atomic mass is 32.1. The highest BCUT2D eigenvalue weighted by Gasteiger charge is 2.31. The van der Waals surface area contributed by atoms with Gasteiger partial charge in [0.05, 0.1) is 17.8 Å². The van der Waals surface area contributed by atoms with Crippen LogP contribution in [-0.4, -0.2) is 46.9 Å². The zero-order valence-electron chi connectivity index (χ0n) is 14.7. The van der Waals surface area contributed by atoms with Crippen LogP contribution in [0.1, 0.15) is 45.4 Å². The first-order valence-electron chi connectivity index (χ1n) is 9.03. The number of carbonyl (C=O) groups excluding carboxylic acids is 1. The summed E-state index contributed by atoms with van der Waals surface area (Å²) in [4.78, 5) is 21.2. The number of amides is 1. The van der Waals surface area contributed by atoms with Crippen molar-refractivity contribution in [1.29, 1.82) is 0 Å². The van der Waals surface area contributed by atoms with Crippen molar-refractivity contribution in [1.82, 2.24) is 14.8 Å². The first-order valence-corrected chi connectivity index (χ1v) is 9.91. The molecule has 0 atom stereocenters. The van der Waals surface area contributed by atoms with Gasteiger partial charge in [-0.3, -0.25) is 9.69 Å². The van der Waals surface area contributed by atoms with Crippen LogP contribution in [0.4, 0.5) is 13.2 Å². The number of hydrogen-bond donors (Lipinski definition) is 0. The Kier molecular flexibility index (Phi) is 4.94. The quantitative estimate of drug-likeness (QED) is 0.785. The molecule has 1 aliphatic carbocycles. The Bertz CT molecular complexity index is 806. The van der Waals surface area contributed by atoms with E-state index in [1.165, 1.54) is 30.7 Å². The normalized spacial score (nSPS) is 18.7. The van der Waals surface area contributed by atoms with Gasteiger partial charge in [-0.1, -0.05) is 0 Å². The average molecular weight is 395 g/mol. The van der Waals surface area contributed by atoms with E-state index in [0.29, 0.717) is 24.6 Å². The van der Waals surface area contributed by atoms with Crippen LogP contribution in [0.25, 0.3) is 0 Å². The predicted molar refractivity (Wildman–Crippen MR) is 96.7 cm³/mol. The van der Waals surface area contributed by atoms with E-state index in [-0.39, 0.29) is 5.91 Å². The van der Waals surface area contributed by atoms with Crippen LogP contribution in [0, 0.1) is 0 Å². The molecule has 0 spiro atoms. The molecule has 1 amide bonds. The van der Waals surface area contributed by atoms with Gasteiger partial charge in [0.25, 0.3) is 5.91 Å². The van der Waals surface area contributed by atoms with E-state index in [1.54, 1.807) is 16.2 Å². The molecule has 1 aliphatic heterocycles. The maximum absolute atomic E-state index is 12.6. The summed E-state index contributed by atoms with van der Waals surface area (Å²) in [5.74, 6) is 0.446. The van der Waals surface area contributed by atoms with Gasteiger partial charge < -0.3 is 4.90 Å². The molecule has 0 unspecified atom stereocenters. The first kappa shape index (κ1) is 18.4. The number of rotatable bonds is 4. The lowest BCUT2D eigenvalue weighted by molar-refractivity contribution is -0.137. The maximum atomic E-state index is 12.6. The molecule has 1 aromatic heterocycles. The van der Waals surface area contributed by atoms with Crippen LogP contribution in [-0.2, 0) is 12.7 Å². The van der Waals surface area contributed by atoms with Crippen molar-refractivity contribution in [2.45, 2.75) is 31.5 Å². The number of aromatic nitrogens is 1. The van der Waals surface area contributed by atoms with Gasteiger partial charge in [0.2, 0.25) is 0 Å². The van der Waals surface area contributed by atoms with E-state index in [1.807, 2.05) is 0 Å². The molecule has 27 heavy (non-hydrogen) atoms. The molecule has 0 radical (unpaired) electrons. The van der Waals surface area contributed by atoms with Crippen molar-refractivity contribution in [3.63, 3.8) is 0 Å². The van der Waals surface area contributed by atoms with Crippen molar-refractivity contribution in [3.8, 4) is 0 Å². The number of thiazole rings is 1. The Hall–Kier alpha value is -1.93. The molecule has 8 heteroatoms. The minimum atomic E-state index is -4.39. The number of carbonyl (C=O) groups is 1. The molecule has 4 rings (SSSR count). The molecule has 0 bridgehead atoms. The fraction of sp³-hybridized carbons (Fsp3) is 0.474. The smallest absolute Gasteiger partial charge is 0.336 e. The summed E-state index contributed by atoms with van der Waals surface area (Å²) >= 11 is 1.69. The van der Waals surface area contributed by atoms with Crippen LogP contribution >= 0.6 is 11.3 Å². The number of benzene rings is 1. The Morgan fingerprint density at radius 1 is 1.11 bits per heavy atom. The third kappa shape index (κ3) is 4.32. The molecule has 2 fully saturated rings. The lowest BCUT2D eigenvalue weighted by Gasteiger charge is -2.34. The second-order valence-electron chi connectivity index (χ2n) is 7.08. The molecule has 1 aromatic carbocycles. The number of halogens is 3. The van der Waals surface area contributed by atoms with Gasteiger partial charge in [0.1, 0.15) is 5.01 Å². The monoisotopic (exact) mass is 395 g/mol. The third-order valence-corrected chi connectivity index (χ3v) is 5.89. The van der Waals surface area contributed by atoms with E-state index in [9.17, 15) is 18.0 Å². The summed E-state index contributed by atoms with van der Waals surface area (Å²) in [5.41, 5.74) is 0.773. The lowest BCUT2D eigenvalue weighted by atomic mass is 10.1. The van der Waals surface area contributed by atoms with E-state index in [0.717, 1.165) is 36.8 Å². The fourth-order valence-electron chi connectivity index (χ4n) is 3.25. The fourth-order valence-corrected chi connectivity index (χ4v) is 4.17. The van der Waals surface area contributed by atoms with Crippen molar-refractivity contribution < 1.29 is 18.0 Å². The number of hydrogen-bond acceptors (Lipinski definition) is 4. The van der Waals surface area contributed by atoms with E-state index in [4.69, 9.17) is 4.98 Å². The summed E-state index contributed by atoms with van der Waals surface area (Å²) in [6.07, 6.45) is -1.90. The van der Waals surface area contributed by atoms with Gasteiger partial charge in [-0.15, -0.1) is 11.3 Å². The Labute approximate surface area is 159 Å². The summed E-state index contributed by atoms with van der Waals surface area (Å²) in [7, 11) is 0. The topological polar surface area (TPSA) is 36.4 Å². The first-order chi connectivity index (χ1) is 12.9. The molecular formula is C19H20F3N3OS. The van der Waals surface area contributed by atoms with Crippen molar-refractivity contribution in [3.05, 3.63) is 51.5 Å². The SMILES string of the molecule is O=C(c1ccc(C(F)(F)F)cc1)N1CCN(Cc2nc(C3CC3)cs2)CC1. The van der Waals surface area contributed by atoms with E-state index < -0.39 is 11.7 Å². The number of nitrogens with zero attached hydrogens (tertiary/aromatic N) is 3. The highest BCUT2D eigenvalue weighted by Crippen LogP contribution is 2.40. The molecule has 144 valence electrons. The van der Waals surface area contributed by atoms with Gasteiger partial charge in [-0.05, 0) is 37.1 Å². The van der Waals surface area contributed by atoms with E-state index >= 15 is 0 Å². The molecule has 2 aromatic rings. The number of alkyl halides is 3. The van der Waals surface area contributed by atoms with Crippen LogP contribution < -0.4 is 0 Å². The minimum absolute atomic E-state index is 0.214. The third-order valence-electron chi connectivity index (χ3n) is 5.04. The Morgan fingerprint density at radius 3 is 2.37 bits per heavy atom. The van der Waals surface area contributed by atoms with Crippen LogP contribution in [0.2, 0.25) is 0 Å². The van der Waals surface area contributed by atoms with Crippen molar-refractivity contribution >= 4 is 17.2 Å². The molecule has 1 saturated carbocycles. The van der Waals surface area contributed by atoms with Crippen molar-refractivity contribution in [2.75, 3.05) is 26.2 Å².